The van der Waals surface area contributed by atoms with Gasteiger partial charge in [0.2, 0.25) is 0 Å². The van der Waals surface area contributed by atoms with E-state index in [4.69, 9.17) is 0 Å². The lowest BCUT2D eigenvalue weighted by Crippen LogP contribution is -2.28. The minimum atomic E-state index is -4.91. The maximum absolute atomic E-state index is 12.8. The Labute approximate surface area is 101 Å². The van der Waals surface area contributed by atoms with E-state index in [9.17, 15) is 22.0 Å². The van der Waals surface area contributed by atoms with Gasteiger partial charge >= 0.3 is 6.36 Å². The second kappa shape index (κ2) is 5.99. The zero-order valence-corrected chi connectivity index (χ0v) is 9.47. The molecule has 0 amide bonds. The summed E-state index contributed by atoms with van der Waals surface area (Å²) >= 11 is 0. The molecule has 0 saturated carbocycles. The smallest absolute Gasteiger partial charge is 0.405 e. The predicted octanol–water partition coefficient (Wildman–Crippen LogP) is 3.50. The number of rotatable bonds is 5. The Balaban J connectivity index is 3.06. The number of hydrogen-bond acceptors (Lipinski definition) is 2. The zero-order chi connectivity index (χ0) is 13.8. The van der Waals surface area contributed by atoms with Gasteiger partial charge < -0.3 is 10.1 Å². The van der Waals surface area contributed by atoms with Gasteiger partial charge in [-0.25, -0.2) is 8.78 Å². The summed E-state index contributed by atoms with van der Waals surface area (Å²) in [5.41, 5.74) is -0.216. The van der Waals surface area contributed by atoms with Crippen LogP contribution in [0.2, 0.25) is 0 Å². The first-order chi connectivity index (χ1) is 8.35. The molecule has 0 bridgehead atoms. The number of benzene rings is 1. The summed E-state index contributed by atoms with van der Waals surface area (Å²) in [7, 11) is 0. The molecule has 0 aliphatic heterocycles. The predicted molar refractivity (Wildman–Crippen MR) is 55.5 cm³/mol. The minimum absolute atomic E-state index is 0.204. The molecule has 18 heavy (non-hydrogen) atoms. The summed E-state index contributed by atoms with van der Waals surface area (Å²) in [6.45, 7) is 1.79. The van der Waals surface area contributed by atoms with Gasteiger partial charge in [0.15, 0.2) is 0 Å². The average molecular weight is 269 g/mol. The van der Waals surface area contributed by atoms with E-state index in [0.29, 0.717) is 0 Å². The molecule has 0 aromatic heterocycles. The van der Waals surface area contributed by atoms with E-state index in [-0.39, 0.29) is 12.1 Å². The number of alkyl halides is 5. The normalized spacial score (nSPS) is 13.7. The van der Waals surface area contributed by atoms with Crippen molar-refractivity contribution < 1.29 is 26.7 Å². The molecule has 7 heteroatoms. The lowest BCUT2D eigenvalue weighted by molar-refractivity contribution is -0.275. The lowest BCUT2D eigenvalue weighted by atomic mass is 10.1. The highest BCUT2D eigenvalue weighted by atomic mass is 19.4. The molecule has 0 aliphatic rings. The maximum atomic E-state index is 12.8. The van der Waals surface area contributed by atoms with Gasteiger partial charge in [-0.3, -0.25) is 0 Å². The van der Waals surface area contributed by atoms with Gasteiger partial charge in [0.25, 0.3) is 6.43 Å². The molecule has 0 saturated heterocycles. The number of ether oxygens (including phenoxy) is 1. The van der Waals surface area contributed by atoms with Crippen LogP contribution in [-0.4, -0.2) is 19.3 Å². The molecule has 1 N–H and O–H groups in total. The molecule has 0 radical (unpaired) electrons. The molecule has 2 nitrogen and oxygen atoms in total. The van der Waals surface area contributed by atoms with Crippen LogP contribution in [0, 0.1) is 0 Å². The average Bonchev–Trinajstić information content (AvgIpc) is 2.24. The molecular formula is C11H12F5NO. The van der Waals surface area contributed by atoms with Crippen molar-refractivity contribution in [1.82, 2.24) is 5.32 Å². The third-order valence-corrected chi connectivity index (χ3v) is 2.16. The molecule has 1 unspecified atom stereocenters. The molecule has 1 aromatic rings. The van der Waals surface area contributed by atoms with E-state index < -0.39 is 24.6 Å². The standard InChI is InChI=1S/C11H12F5NO/c1-2-17-9(10(12)13)7-5-3-4-6-8(7)18-11(14,15)16/h3-6,9-10,17H,2H2,1H3. The maximum Gasteiger partial charge on any atom is 0.573 e. The highest BCUT2D eigenvalue weighted by molar-refractivity contribution is 5.36. The van der Waals surface area contributed by atoms with Crippen molar-refractivity contribution in [2.24, 2.45) is 0 Å². The minimum Gasteiger partial charge on any atom is -0.405 e. The molecule has 1 aromatic carbocycles. The number of para-hydroxylation sites is 1. The van der Waals surface area contributed by atoms with Crippen molar-refractivity contribution in [3.63, 3.8) is 0 Å². The number of hydrogen-bond donors (Lipinski definition) is 1. The van der Waals surface area contributed by atoms with Gasteiger partial charge in [-0.05, 0) is 12.6 Å². The van der Waals surface area contributed by atoms with Crippen molar-refractivity contribution in [2.45, 2.75) is 25.8 Å². The third-order valence-electron chi connectivity index (χ3n) is 2.16. The first-order valence-corrected chi connectivity index (χ1v) is 5.21. The molecule has 102 valence electrons. The zero-order valence-electron chi connectivity index (χ0n) is 9.47. The van der Waals surface area contributed by atoms with Crippen molar-refractivity contribution in [3.8, 4) is 5.75 Å². The van der Waals surface area contributed by atoms with Gasteiger partial charge in [0.05, 0.1) is 6.04 Å². The van der Waals surface area contributed by atoms with Crippen molar-refractivity contribution in [1.29, 1.82) is 0 Å². The third kappa shape index (κ3) is 4.14. The first kappa shape index (κ1) is 14.7. The summed E-state index contributed by atoms with van der Waals surface area (Å²) in [4.78, 5) is 0. The molecule has 1 rings (SSSR count). The van der Waals surface area contributed by atoms with Crippen LogP contribution in [-0.2, 0) is 0 Å². The quantitative estimate of drug-likeness (QED) is 0.826. The molecule has 0 fully saturated rings. The van der Waals surface area contributed by atoms with E-state index in [0.717, 1.165) is 6.07 Å². The topological polar surface area (TPSA) is 21.3 Å². The molecule has 0 heterocycles. The fourth-order valence-electron chi connectivity index (χ4n) is 1.51. The Hall–Kier alpha value is -1.37. The van der Waals surface area contributed by atoms with Gasteiger partial charge in [-0.2, -0.15) is 0 Å². The second-order valence-electron chi connectivity index (χ2n) is 3.46. The Morgan fingerprint density at radius 2 is 1.83 bits per heavy atom. The summed E-state index contributed by atoms with van der Waals surface area (Å²) in [5.74, 6) is -0.615. The fourth-order valence-corrected chi connectivity index (χ4v) is 1.51. The first-order valence-electron chi connectivity index (χ1n) is 5.21. The summed E-state index contributed by atoms with van der Waals surface area (Å²) in [5, 5.41) is 2.43. The van der Waals surface area contributed by atoms with E-state index >= 15 is 0 Å². The highest BCUT2D eigenvalue weighted by Crippen LogP contribution is 2.32. The summed E-state index contributed by atoms with van der Waals surface area (Å²) in [6, 6.07) is 3.37. The van der Waals surface area contributed by atoms with Gasteiger partial charge in [-0.1, -0.05) is 25.1 Å². The Kier molecular flexibility index (Phi) is 4.89. The molecule has 1 atom stereocenters. The SMILES string of the molecule is CCNC(c1ccccc1OC(F)(F)F)C(F)F. The fraction of sp³-hybridized carbons (Fsp3) is 0.455. The Morgan fingerprint density at radius 1 is 1.22 bits per heavy atom. The Morgan fingerprint density at radius 3 is 2.33 bits per heavy atom. The van der Waals surface area contributed by atoms with Gasteiger partial charge in [-0.15, -0.1) is 13.2 Å². The van der Waals surface area contributed by atoms with Crippen molar-refractivity contribution >= 4 is 0 Å². The number of nitrogens with one attached hydrogen (secondary N) is 1. The second-order valence-corrected chi connectivity index (χ2v) is 3.46. The lowest BCUT2D eigenvalue weighted by Gasteiger charge is -2.21. The summed E-state index contributed by atoms with van der Waals surface area (Å²) in [6.07, 6.45) is -7.74. The molecule has 0 spiro atoms. The van der Waals surface area contributed by atoms with Crippen LogP contribution in [0.5, 0.6) is 5.75 Å². The van der Waals surface area contributed by atoms with Crippen LogP contribution in [0.15, 0.2) is 24.3 Å². The highest BCUT2D eigenvalue weighted by Gasteiger charge is 2.34. The molecule has 0 aliphatic carbocycles. The van der Waals surface area contributed by atoms with E-state index in [1.165, 1.54) is 18.2 Å². The Bertz CT molecular complexity index is 380. The van der Waals surface area contributed by atoms with Crippen LogP contribution < -0.4 is 10.1 Å². The van der Waals surface area contributed by atoms with Crippen LogP contribution in [0.3, 0.4) is 0 Å². The van der Waals surface area contributed by atoms with Crippen molar-refractivity contribution in [2.75, 3.05) is 6.54 Å². The monoisotopic (exact) mass is 269 g/mol. The van der Waals surface area contributed by atoms with E-state index in [2.05, 4.69) is 10.1 Å². The van der Waals surface area contributed by atoms with Gasteiger partial charge in [0, 0.05) is 5.56 Å². The number of halogens is 5. The summed E-state index contributed by atoms with van der Waals surface area (Å²) < 4.78 is 65.7. The van der Waals surface area contributed by atoms with Crippen LogP contribution >= 0.6 is 0 Å². The van der Waals surface area contributed by atoms with Gasteiger partial charge in [0.1, 0.15) is 5.75 Å². The largest absolute Gasteiger partial charge is 0.573 e. The van der Waals surface area contributed by atoms with Crippen LogP contribution in [0.25, 0.3) is 0 Å². The van der Waals surface area contributed by atoms with E-state index in [1.807, 2.05) is 0 Å². The molecular weight excluding hydrogens is 257 g/mol. The van der Waals surface area contributed by atoms with E-state index in [1.54, 1.807) is 6.92 Å². The van der Waals surface area contributed by atoms with Crippen LogP contribution in [0.1, 0.15) is 18.5 Å². The van der Waals surface area contributed by atoms with Crippen molar-refractivity contribution in [3.05, 3.63) is 29.8 Å². The van der Waals surface area contributed by atoms with Crippen LogP contribution in [0.4, 0.5) is 22.0 Å².